The van der Waals surface area contributed by atoms with Gasteiger partial charge in [-0.1, -0.05) is 29.8 Å². The minimum Gasteiger partial charge on any atom is -0.480 e. The lowest BCUT2D eigenvalue weighted by atomic mass is 10.1. The van der Waals surface area contributed by atoms with Gasteiger partial charge in [0.1, 0.15) is 5.75 Å². The molecule has 0 radical (unpaired) electrons. The molecular formula is C27H22Br2N4O4S. The zero-order chi connectivity index (χ0) is 27.1. The fraction of sp³-hybridized carbons (Fsp3) is 0.111. The van der Waals surface area contributed by atoms with E-state index in [0.29, 0.717) is 25.8 Å². The number of benzene rings is 3. The van der Waals surface area contributed by atoms with E-state index in [2.05, 4.69) is 57.4 Å². The van der Waals surface area contributed by atoms with Crippen LogP contribution in [-0.2, 0) is 9.53 Å². The largest absolute Gasteiger partial charge is 0.480 e. The van der Waals surface area contributed by atoms with Crippen molar-refractivity contribution in [1.82, 2.24) is 10.4 Å². The third-order valence-corrected chi connectivity index (χ3v) is 7.15. The van der Waals surface area contributed by atoms with Gasteiger partial charge in [-0.25, -0.2) is 15.2 Å². The van der Waals surface area contributed by atoms with Gasteiger partial charge in [0.05, 0.1) is 28.0 Å². The van der Waals surface area contributed by atoms with Crippen molar-refractivity contribution in [3.05, 3.63) is 91.7 Å². The van der Waals surface area contributed by atoms with E-state index in [0.717, 1.165) is 22.1 Å². The van der Waals surface area contributed by atoms with Crippen LogP contribution in [0.1, 0.15) is 21.5 Å². The van der Waals surface area contributed by atoms with Crippen molar-refractivity contribution in [3.8, 4) is 17.0 Å². The van der Waals surface area contributed by atoms with E-state index in [4.69, 9.17) is 4.74 Å². The van der Waals surface area contributed by atoms with Crippen LogP contribution in [0.3, 0.4) is 0 Å². The highest BCUT2D eigenvalue weighted by molar-refractivity contribution is 9.11. The zero-order valence-corrected chi connectivity index (χ0v) is 24.3. The molecule has 1 heterocycles. The Morgan fingerprint density at radius 3 is 2.39 bits per heavy atom. The Hall–Kier alpha value is -3.54. The van der Waals surface area contributed by atoms with Gasteiger partial charge in [-0.15, -0.1) is 11.3 Å². The summed E-state index contributed by atoms with van der Waals surface area (Å²) in [6.45, 7) is 1.83. The first-order valence-electron chi connectivity index (χ1n) is 11.2. The maximum atomic E-state index is 12.5. The van der Waals surface area contributed by atoms with Crippen LogP contribution >= 0.6 is 43.2 Å². The van der Waals surface area contributed by atoms with Crippen LogP contribution in [0.2, 0.25) is 0 Å². The molecule has 0 saturated carbocycles. The molecule has 11 heteroatoms. The lowest BCUT2D eigenvalue weighted by molar-refractivity contribution is -0.142. The number of anilines is 2. The molecule has 0 saturated heterocycles. The average Bonchev–Trinajstić information content (AvgIpc) is 3.38. The van der Waals surface area contributed by atoms with Crippen molar-refractivity contribution in [2.75, 3.05) is 19.0 Å². The molecule has 194 valence electrons. The van der Waals surface area contributed by atoms with Crippen molar-refractivity contribution < 1.29 is 19.1 Å². The quantitative estimate of drug-likeness (QED) is 0.118. The molecule has 4 aromatic rings. The Morgan fingerprint density at radius 2 is 1.74 bits per heavy atom. The van der Waals surface area contributed by atoms with Gasteiger partial charge < -0.3 is 14.8 Å². The SMILES string of the molecule is COC(=O)COc1c(Br)cc(/C=N\NC(=O)c2ccc(-c3csc(Nc4ccc(C)cc4)n3)cc2)cc1Br. The van der Waals surface area contributed by atoms with Crippen LogP contribution < -0.4 is 15.5 Å². The number of hydrogen-bond acceptors (Lipinski definition) is 8. The molecule has 0 atom stereocenters. The number of aromatic nitrogens is 1. The monoisotopic (exact) mass is 656 g/mol. The Balaban J connectivity index is 1.34. The maximum Gasteiger partial charge on any atom is 0.343 e. The number of hydrazone groups is 1. The van der Waals surface area contributed by atoms with Crippen LogP contribution in [-0.4, -0.2) is 36.8 Å². The second-order valence-corrected chi connectivity index (χ2v) is 10.6. The van der Waals surface area contributed by atoms with Crippen molar-refractivity contribution in [1.29, 1.82) is 0 Å². The summed E-state index contributed by atoms with van der Waals surface area (Å²) in [5.74, 6) is -0.379. The lowest BCUT2D eigenvalue weighted by Crippen LogP contribution is -2.17. The topological polar surface area (TPSA) is 102 Å². The van der Waals surface area contributed by atoms with Crippen LogP contribution in [0, 0.1) is 6.92 Å². The summed E-state index contributed by atoms with van der Waals surface area (Å²) in [7, 11) is 1.29. The van der Waals surface area contributed by atoms with Crippen LogP contribution in [0.15, 0.2) is 80.1 Å². The van der Waals surface area contributed by atoms with Crippen molar-refractivity contribution in [2.24, 2.45) is 5.10 Å². The average molecular weight is 658 g/mol. The second kappa shape index (κ2) is 12.8. The molecule has 0 spiro atoms. The Kier molecular flexibility index (Phi) is 9.27. The highest BCUT2D eigenvalue weighted by Crippen LogP contribution is 2.34. The van der Waals surface area contributed by atoms with E-state index in [1.165, 1.54) is 30.2 Å². The molecule has 2 N–H and O–H groups in total. The predicted octanol–water partition coefficient (Wildman–Crippen LogP) is 6.70. The minimum atomic E-state index is -0.489. The van der Waals surface area contributed by atoms with Crippen molar-refractivity contribution in [3.63, 3.8) is 0 Å². The molecule has 4 rings (SSSR count). The van der Waals surface area contributed by atoms with Gasteiger partial charge in [0.2, 0.25) is 0 Å². The van der Waals surface area contributed by atoms with E-state index in [-0.39, 0.29) is 12.5 Å². The molecule has 1 amide bonds. The second-order valence-electron chi connectivity index (χ2n) is 7.98. The molecule has 1 aromatic heterocycles. The maximum absolute atomic E-state index is 12.5. The summed E-state index contributed by atoms with van der Waals surface area (Å²) in [6, 6.07) is 18.8. The summed E-state index contributed by atoms with van der Waals surface area (Å²) in [6.07, 6.45) is 1.50. The Bertz CT molecular complexity index is 1450. The first-order valence-corrected chi connectivity index (χ1v) is 13.7. The summed E-state index contributed by atoms with van der Waals surface area (Å²) in [4.78, 5) is 28.5. The molecule has 38 heavy (non-hydrogen) atoms. The fourth-order valence-electron chi connectivity index (χ4n) is 3.23. The molecule has 0 aliphatic heterocycles. The fourth-order valence-corrected chi connectivity index (χ4v) is 5.42. The van der Waals surface area contributed by atoms with E-state index < -0.39 is 5.97 Å². The van der Waals surface area contributed by atoms with Crippen molar-refractivity contribution in [2.45, 2.75) is 6.92 Å². The zero-order valence-electron chi connectivity index (χ0n) is 20.3. The Morgan fingerprint density at radius 1 is 1.05 bits per heavy atom. The number of esters is 1. The van der Waals surface area contributed by atoms with E-state index in [9.17, 15) is 9.59 Å². The number of amides is 1. The van der Waals surface area contributed by atoms with Gasteiger partial charge in [-0.05, 0) is 80.7 Å². The number of ether oxygens (including phenoxy) is 2. The van der Waals surface area contributed by atoms with Gasteiger partial charge >= 0.3 is 5.97 Å². The Labute approximate surface area is 240 Å². The number of carbonyl (C=O) groups excluding carboxylic acids is 2. The summed E-state index contributed by atoms with van der Waals surface area (Å²) >= 11 is 8.33. The van der Waals surface area contributed by atoms with Crippen LogP contribution in [0.4, 0.5) is 10.8 Å². The molecule has 3 aromatic carbocycles. The number of nitrogens with one attached hydrogen (secondary N) is 2. The molecule has 8 nitrogen and oxygen atoms in total. The molecule has 0 aliphatic carbocycles. The highest BCUT2D eigenvalue weighted by atomic mass is 79.9. The van der Waals surface area contributed by atoms with Gasteiger partial charge in [0, 0.05) is 22.2 Å². The van der Waals surface area contributed by atoms with E-state index in [1.807, 2.05) is 48.7 Å². The summed E-state index contributed by atoms with van der Waals surface area (Å²) in [5, 5.41) is 10.1. The first-order chi connectivity index (χ1) is 18.3. The lowest BCUT2D eigenvalue weighted by Gasteiger charge is -2.10. The number of hydrogen-bond donors (Lipinski definition) is 2. The normalized spacial score (nSPS) is 10.8. The molecule has 0 bridgehead atoms. The number of rotatable bonds is 9. The number of aryl methyl sites for hydroxylation is 1. The number of halogens is 2. The molecule has 0 fully saturated rings. The van der Waals surface area contributed by atoms with Gasteiger partial charge in [-0.2, -0.15) is 5.10 Å². The smallest absolute Gasteiger partial charge is 0.343 e. The minimum absolute atomic E-state index is 0.218. The molecule has 0 unspecified atom stereocenters. The number of nitrogens with zero attached hydrogens (tertiary/aromatic N) is 2. The molecule has 0 aliphatic rings. The van der Waals surface area contributed by atoms with Crippen LogP contribution in [0.25, 0.3) is 11.3 Å². The van der Waals surface area contributed by atoms with Crippen molar-refractivity contribution >= 4 is 72.1 Å². The van der Waals surface area contributed by atoms with E-state index >= 15 is 0 Å². The number of thiazole rings is 1. The third-order valence-electron chi connectivity index (χ3n) is 5.21. The van der Waals surface area contributed by atoms with Gasteiger partial charge in [0.25, 0.3) is 5.91 Å². The van der Waals surface area contributed by atoms with Gasteiger partial charge in [0.15, 0.2) is 11.7 Å². The standard InChI is InChI=1S/C27H22Br2N4O4S/c1-16-3-9-20(10-4-16)31-27-32-23(15-38-27)18-5-7-19(8-6-18)26(35)33-30-13-17-11-21(28)25(22(29)12-17)37-14-24(34)36-2/h3-13,15H,14H2,1-2H3,(H,31,32)(H,33,35)/b30-13-. The highest BCUT2D eigenvalue weighted by Gasteiger charge is 2.12. The van der Waals surface area contributed by atoms with E-state index in [1.54, 1.807) is 24.3 Å². The number of methoxy groups -OCH3 is 1. The third kappa shape index (κ3) is 7.27. The number of carbonyl (C=O) groups is 2. The predicted molar refractivity (Wildman–Crippen MR) is 156 cm³/mol. The van der Waals surface area contributed by atoms with Crippen LogP contribution in [0.5, 0.6) is 5.75 Å². The summed E-state index contributed by atoms with van der Waals surface area (Å²) in [5.41, 5.74) is 7.60. The van der Waals surface area contributed by atoms with Gasteiger partial charge in [-0.3, -0.25) is 4.79 Å². The summed E-state index contributed by atoms with van der Waals surface area (Å²) < 4.78 is 11.3. The first kappa shape index (κ1) is 27.5. The molecular weight excluding hydrogens is 636 g/mol.